The number of rotatable bonds is 4. The SMILES string of the molecule is Cc1ccc(Cl)cc1NCC(=O)Nc1ccc(Cl)cc1F. The molecule has 6 heteroatoms. The number of hydrogen-bond acceptors (Lipinski definition) is 2. The number of amides is 1. The number of hydrogen-bond donors (Lipinski definition) is 2. The second-order valence-corrected chi connectivity index (χ2v) is 5.36. The smallest absolute Gasteiger partial charge is 0.243 e. The first-order valence-electron chi connectivity index (χ1n) is 6.20. The molecular formula is C15H13Cl2FN2O. The van der Waals surface area contributed by atoms with Crippen molar-refractivity contribution >= 4 is 40.5 Å². The Hall–Kier alpha value is -1.78. The maximum atomic E-state index is 13.6. The summed E-state index contributed by atoms with van der Waals surface area (Å²) in [4.78, 5) is 11.8. The average Bonchev–Trinajstić information content (AvgIpc) is 2.43. The van der Waals surface area contributed by atoms with Gasteiger partial charge in [0.2, 0.25) is 5.91 Å². The van der Waals surface area contributed by atoms with Crippen LogP contribution in [0.25, 0.3) is 0 Å². The lowest BCUT2D eigenvalue weighted by molar-refractivity contribution is -0.114. The normalized spacial score (nSPS) is 10.3. The van der Waals surface area contributed by atoms with Crippen LogP contribution in [0, 0.1) is 12.7 Å². The lowest BCUT2D eigenvalue weighted by atomic mass is 10.2. The van der Waals surface area contributed by atoms with Crippen LogP contribution in [0.5, 0.6) is 0 Å². The molecule has 110 valence electrons. The van der Waals surface area contributed by atoms with E-state index in [4.69, 9.17) is 23.2 Å². The molecule has 2 aromatic rings. The van der Waals surface area contributed by atoms with Crippen molar-refractivity contribution in [2.75, 3.05) is 17.2 Å². The van der Waals surface area contributed by atoms with Gasteiger partial charge in [0.1, 0.15) is 5.82 Å². The van der Waals surface area contributed by atoms with Gasteiger partial charge in [-0.1, -0.05) is 29.3 Å². The molecule has 1 amide bonds. The van der Waals surface area contributed by atoms with Crippen LogP contribution in [0.2, 0.25) is 10.0 Å². The van der Waals surface area contributed by atoms with E-state index in [1.165, 1.54) is 12.1 Å². The molecule has 0 aromatic heterocycles. The van der Waals surface area contributed by atoms with Gasteiger partial charge in [0.25, 0.3) is 0 Å². The monoisotopic (exact) mass is 326 g/mol. The number of carbonyl (C=O) groups is 1. The molecule has 0 fully saturated rings. The highest BCUT2D eigenvalue weighted by molar-refractivity contribution is 6.31. The number of nitrogens with one attached hydrogen (secondary N) is 2. The third kappa shape index (κ3) is 4.34. The quantitative estimate of drug-likeness (QED) is 0.869. The van der Waals surface area contributed by atoms with E-state index in [0.717, 1.165) is 17.3 Å². The molecule has 0 aliphatic carbocycles. The fourth-order valence-corrected chi connectivity index (χ4v) is 2.08. The Morgan fingerprint density at radius 2 is 1.76 bits per heavy atom. The van der Waals surface area contributed by atoms with E-state index in [2.05, 4.69) is 10.6 Å². The molecule has 0 aliphatic heterocycles. The molecule has 0 saturated carbocycles. The van der Waals surface area contributed by atoms with Gasteiger partial charge >= 0.3 is 0 Å². The zero-order chi connectivity index (χ0) is 15.4. The van der Waals surface area contributed by atoms with Gasteiger partial charge in [0.05, 0.1) is 12.2 Å². The largest absolute Gasteiger partial charge is 0.376 e. The molecule has 0 unspecified atom stereocenters. The molecule has 0 spiro atoms. The van der Waals surface area contributed by atoms with Crippen molar-refractivity contribution in [2.24, 2.45) is 0 Å². The van der Waals surface area contributed by atoms with E-state index < -0.39 is 5.82 Å². The van der Waals surface area contributed by atoms with Crippen LogP contribution < -0.4 is 10.6 Å². The summed E-state index contributed by atoms with van der Waals surface area (Å²) < 4.78 is 13.6. The maximum Gasteiger partial charge on any atom is 0.243 e. The standard InChI is InChI=1S/C15H13Cl2FN2O/c1-9-2-3-11(17)7-14(9)19-8-15(21)20-13-5-4-10(16)6-12(13)18/h2-7,19H,8H2,1H3,(H,20,21). The minimum absolute atomic E-state index is 0.00322. The highest BCUT2D eigenvalue weighted by atomic mass is 35.5. The molecule has 0 radical (unpaired) electrons. The fourth-order valence-electron chi connectivity index (χ4n) is 1.75. The third-order valence-corrected chi connectivity index (χ3v) is 3.31. The zero-order valence-corrected chi connectivity index (χ0v) is 12.7. The van der Waals surface area contributed by atoms with Gasteiger partial charge in [0.15, 0.2) is 0 Å². The minimum atomic E-state index is -0.574. The predicted molar refractivity (Wildman–Crippen MR) is 84.7 cm³/mol. The Morgan fingerprint density at radius 3 is 2.48 bits per heavy atom. The van der Waals surface area contributed by atoms with Gasteiger partial charge in [-0.05, 0) is 42.8 Å². The summed E-state index contributed by atoms with van der Waals surface area (Å²) in [6.45, 7) is 1.90. The van der Waals surface area contributed by atoms with E-state index in [-0.39, 0.29) is 23.2 Å². The van der Waals surface area contributed by atoms with E-state index in [1.54, 1.807) is 12.1 Å². The van der Waals surface area contributed by atoms with E-state index in [9.17, 15) is 9.18 Å². The van der Waals surface area contributed by atoms with Crippen molar-refractivity contribution in [3.8, 4) is 0 Å². The molecular weight excluding hydrogens is 314 g/mol. The summed E-state index contributed by atoms with van der Waals surface area (Å²) in [5, 5.41) is 6.29. The molecule has 2 N–H and O–H groups in total. The lowest BCUT2D eigenvalue weighted by Gasteiger charge is -2.11. The molecule has 0 saturated heterocycles. The first-order chi connectivity index (χ1) is 9.95. The molecule has 0 aliphatic rings. The van der Waals surface area contributed by atoms with Crippen molar-refractivity contribution in [2.45, 2.75) is 6.92 Å². The number of halogens is 3. The highest BCUT2D eigenvalue weighted by Crippen LogP contribution is 2.21. The molecule has 0 heterocycles. The van der Waals surface area contributed by atoms with Gasteiger partial charge in [0, 0.05) is 15.7 Å². The van der Waals surface area contributed by atoms with Crippen molar-refractivity contribution < 1.29 is 9.18 Å². The van der Waals surface area contributed by atoms with Crippen LogP contribution >= 0.6 is 23.2 Å². The van der Waals surface area contributed by atoms with Gasteiger partial charge in [-0.2, -0.15) is 0 Å². The van der Waals surface area contributed by atoms with Crippen molar-refractivity contribution in [1.29, 1.82) is 0 Å². The Balaban J connectivity index is 1.97. The molecule has 21 heavy (non-hydrogen) atoms. The minimum Gasteiger partial charge on any atom is -0.376 e. The number of carbonyl (C=O) groups excluding carboxylic acids is 1. The topological polar surface area (TPSA) is 41.1 Å². The molecule has 0 bridgehead atoms. The van der Waals surface area contributed by atoms with Gasteiger partial charge in [-0.25, -0.2) is 4.39 Å². The average molecular weight is 327 g/mol. The summed E-state index contributed by atoms with van der Waals surface area (Å²) in [5.41, 5.74) is 1.81. The summed E-state index contributed by atoms with van der Waals surface area (Å²) in [7, 11) is 0. The molecule has 3 nitrogen and oxygen atoms in total. The summed E-state index contributed by atoms with van der Waals surface area (Å²) in [5.74, 6) is -0.939. The fraction of sp³-hybridized carbons (Fsp3) is 0.133. The summed E-state index contributed by atoms with van der Waals surface area (Å²) in [6.07, 6.45) is 0. The van der Waals surface area contributed by atoms with Crippen molar-refractivity contribution in [3.05, 3.63) is 57.8 Å². The van der Waals surface area contributed by atoms with Crippen LogP contribution in [0.15, 0.2) is 36.4 Å². The number of anilines is 2. The summed E-state index contributed by atoms with van der Waals surface area (Å²) in [6, 6.07) is 9.42. The number of aryl methyl sites for hydroxylation is 1. The predicted octanol–water partition coefficient (Wildman–Crippen LogP) is 4.49. The van der Waals surface area contributed by atoms with Crippen LogP contribution in [-0.2, 0) is 4.79 Å². The van der Waals surface area contributed by atoms with Gasteiger partial charge in [-0.15, -0.1) is 0 Å². The van der Waals surface area contributed by atoms with E-state index in [0.29, 0.717) is 5.02 Å². The van der Waals surface area contributed by atoms with Crippen molar-refractivity contribution in [1.82, 2.24) is 0 Å². The van der Waals surface area contributed by atoms with E-state index >= 15 is 0 Å². The Morgan fingerprint density at radius 1 is 1.10 bits per heavy atom. The first-order valence-corrected chi connectivity index (χ1v) is 6.96. The van der Waals surface area contributed by atoms with Crippen LogP contribution in [0.3, 0.4) is 0 Å². The van der Waals surface area contributed by atoms with E-state index in [1.807, 2.05) is 13.0 Å². The Kier molecular flexibility index (Phi) is 5.04. The lowest BCUT2D eigenvalue weighted by Crippen LogP contribution is -2.22. The molecule has 2 aromatic carbocycles. The van der Waals surface area contributed by atoms with Crippen LogP contribution in [0.4, 0.5) is 15.8 Å². The highest BCUT2D eigenvalue weighted by Gasteiger charge is 2.08. The summed E-state index contributed by atoms with van der Waals surface area (Å²) >= 11 is 11.5. The Bertz CT molecular complexity index is 677. The van der Waals surface area contributed by atoms with Crippen molar-refractivity contribution in [3.63, 3.8) is 0 Å². The van der Waals surface area contributed by atoms with Gasteiger partial charge < -0.3 is 10.6 Å². The maximum absolute atomic E-state index is 13.6. The molecule has 0 atom stereocenters. The van der Waals surface area contributed by atoms with Gasteiger partial charge in [-0.3, -0.25) is 4.79 Å². The molecule has 2 rings (SSSR count). The third-order valence-electron chi connectivity index (χ3n) is 2.84. The first kappa shape index (κ1) is 15.6. The second kappa shape index (κ2) is 6.78. The number of benzene rings is 2. The van der Waals surface area contributed by atoms with Crippen LogP contribution in [-0.4, -0.2) is 12.5 Å². The zero-order valence-electron chi connectivity index (χ0n) is 11.2. The van der Waals surface area contributed by atoms with Crippen LogP contribution in [0.1, 0.15) is 5.56 Å². The Labute approximate surface area is 132 Å². The second-order valence-electron chi connectivity index (χ2n) is 4.49.